The standard InChI is InChI=1S/C25H22N4O2/c1-17-5-6-19(23-12-9-20(26)15-28-23)14-24(17)29-25(30)18-7-10-22(11-8-18)31-16-21-4-2-3-13-27-21/h2-15H,16,26H2,1H3,(H,29,30). The van der Waals surface area contributed by atoms with Crippen molar-refractivity contribution in [2.24, 2.45) is 0 Å². The van der Waals surface area contributed by atoms with Crippen molar-refractivity contribution in [1.29, 1.82) is 0 Å². The summed E-state index contributed by atoms with van der Waals surface area (Å²) in [5.74, 6) is 0.483. The molecule has 2 aromatic carbocycles. The predicted octanol–water partition coefficient (Wildman–Crippen LogP) is 4.87. The van der Waals surface area contributed by atoms with Crippen LogP contribution in [0.1, 0.15) is 21.6 Å². The van der Waals surface area contributed by atoms with E-state index in [4.69, 9.17) is 10.5 Å². The lowest BCUT2D eigenvalue weighted by molar-refractivity contribution is 0.102. The van der Waals surface area contributed by atoms with E-state index in [9.17, 15) is 4.79 Å². The number of carbonyl (C=O) groups excluding carboxylic acids is 1. The summed E-state index contributed by atoms with van der Waals surface area (Å²) in [6.45, 7) is 2.32. The van der Waals surface area contributed by atoms with Crippen molar-refractivity contribution < 1.29 is 9.53 Å². The zero-order valence-electron chi connectivity index (χ0n) is 17.1. The number of anilines is 2. The maximum absolute atomic E-state index is 12.8. The molecule has 6 nitrogen and oxygen atoms in total. The van der Waals surface area contributed by atoms with Gasteiger partial charge in [-0.05, 0) is 67.1 Å². The summed E-state index contributed by atoms with van der Waals surface area (Å²) < 4.78 is 5.73. The molecular formula is C25H22N4O2. The molecule has 1 amide bonds. The Labute approximate surface area is 180 Å². The summed E-state index contributed by atoms with van der Waals surface area (Å²) in [4.78, 5) is 21.3. The second-order valence-corrected chi connectivity index (χ2v) is 7.09. The van der Waals surface area contributed by atoms with Gasteiger partial charge in [0.05, 0.1) is 23.3 Å². The molecule has 31 heavy (non-hydrogen) atoms. The fraction of sp³-hybridized carbons (Fsp3) is 0.0800. The molecule has 0 aliphatic carbocycles. The Morgan fingerprint density at radius 2 is 1.84 bits per heavy atom. The number of benzene rings is 2. The van der Waals surface area contributed by atoms with E-state index < -0.39 is 0 Å². The first-order valence-corrected chi connectivity index (χ1v) is 9.85. The first kappa shape index (κ1) is 20.1. The number of aromatic nitrogens is 2. The van der Waals surface area contributed by atoms with Crippen LogP contribution in [0, 0.1) is 6.92 Å². The van der Waals surface area contributed by atoms with Crippen molar-refractivity contribution in [1.82, 2.24) is 9.97 Å². The molecular weight excluding hydrogens is 388 g/mol. The quantitative estimate of drug-likeness (QED) is 0.473. The van der Waals surface area contributed by atoms with Crippen molar-refractivity contribution >= 4 is 17.3 Å². The number of nitrogens with two attached hydrogens (primary N) is 1. The monoisotopic (exact) mass is 410 g/mol. The number of nitrogens with zero attached hydrogens (tertiary/aromatic N) is 2. The molecule has 0 bridgehead atoms. The molecule has 0 fully saturated rings. The van der Waals surface area contributed by atoms with Crippen LogP contribution in [0.4, 0.5) is 11.4 Å². The third-order valence-corrected chi connectivity index (χ3v) is 4.80. The van der Waals surface area contributed by atoms with Crippen LogP contribution in [0.2, 0.25) is 0 Å². The summed E-state index contributed by atoms with van der Waals surface area (Å²) in [6, 6.07) is 22.2. The number of pyridine rings is 2. The van der Waals surface area contributed by atoms with Gasteiger partial charge >= 0.3 is 0 Å². The van der Waals surface area contributed by atoms with Crippen LogP contribution in [-0.4, -0.2) is 15.9 Å². The third-order valence-electron chi connectivity index (χ3n) is 4.80. The lowest BCUT2D eigenvalue weighted by Crippen LogP contribution is -2.12. The van der Waals surface area contributed by atoms with Gasteiger partial charge < -0.3 is 15.8 Å². The number of amides is 1. The molecule has 4 rings (SSSR count). The number of aryl methyl sites for hydroxylation is 1. The third kappa shape index (κ3) is 5.05. The number of nitrogens with one attached hydrogen (secondary N) is 1. The minimum atomic E-state index is -0.193. The molecule has 0 radical (unpaired) electrons. The van der Waals surface area contributed by atoms with E-state index in [0.717, 1.165) is 28.2 Å². The van der Waals surface area contributed by atoms with Crippen molar-refractivity contribution in [3.63, 3.8) is 0 Å². The molecule has 0 aliphatic rings. The van der Waals surface area contributed by atoms with Gasteiger partial charge in [-0.3, -0.25) is 14.8 Å². The normalized spacial score (nSPS) is 10.5. The molecule has 0 aliphatic heterocycles. The highest BCUT2D eigenvalue weighted by molar-refractivity contribution is 6.05. The first-order valence-electron chi connectivity index (χ1n) is 9.85. The Bertz CT molecular complexity index is 1170. The fourth-order valence-corrected chi connectivity index (χ4v) is 3.03. The largest absolute Gasteiger partial charge is 0.487 e. The summed E-state index contributed by atoms with van der Waals surface area (Å²) in [5.41, 5.74) is 11.1. The zero-order valence-corrected chi connectivity index (χ0v) is 17.1. The highest BCUT2D eigenvalue weighted by Gasteiger charge is 2.10. The van der Waals surface area contributed by atoms with E-state index in [0.29, 0.717) is 23.6 Å². The fourth-order valence-electron chi connectivity index (χ4n) is 3.03. The Morgan fingerprint density at radius 3 is 2.55 bits per heavy atom. The van der Waals surface area contributed by atoms with Crippen LogP contribution in [0.25, 0.3) is 11.3 Å². The van der Waals surface area contributed by atoms with E-state index in [1.54, 1.807) is 42.7 Å². The van der Waals surface area contributed by atoms with Crippen LogP contribution < -0.4 is 15.8 Å². The Kier molecular flexibility index (Phi) is 5.89. The topological polar surface area (TPSA) is 90.1 Å². The van der Waals surface area contributed by atoms with Crippen molar-refractivity contribution in [2.75, 3.05) is 11.1 Å². The van der Waals surface area contributed by atoms with Gasteiger partial charge in [-0.25, -0.2) is 0 Å². The molecule has 0 atom stereocenters. The second-order valence-electron chi connectivity index (χ2n) is 7.09. The Hall–Kier alpha value is -4.19. The van der Waals surface area contributed by atoms with Gasteiger partial charge in [0, 0.05) is 23.0 Å². The van der Waals surface area contributed by atoms with Gasteiger partial charge in [0.1, 0.15) is 12.4 Å². The smallest absolute Gasteiger partial charge is 0.255 e. The van der Waals surface area contributed by atoms with Crippen LogP contribution in [0.3, 0.4) is 0 Å². The van der Waals surface area contributed by atoms with Crippen molar-refractivity contribution in [2.45, 2.75) is 13.5 Å². The zero-order chi connectivity index (χ0) is 21.6. The van der Waals surface area contributed by atoms with Gasteiger partial charge in [-0.1, -0.05) is 18.2 Å². The van der Waals surface area contributed by atoms with Crippen molar-refractivity contribution in [3.05, 3.63) is 102 Å². The summed E-state index contributed by atoms with van der Waals surface area (Å²) in [6.07, 6.45) is 3.34. The van der Waals surface area contributed by atoms with Gasteiger partial charge in [0.25, 0.3) is 5.91 Å². The SMILES string of the molecule is Cc1ccc(-c2ccc(N)cn2)cc1NC(=O)c1ccc(OCc2ccccn2)cc1. The summed E-state index contributed by atoms with van der Waals surface area (Å²) in [5, 5.41) is 2.98. The number of carbonyl (C=O) groups is 1. The lowest BCUT2D eigenvalue weighted by atomic mass is 10.1. The predicted molar refractivity (Wildman–Crippen MR) is 122 cm³/mol. The molecule has 3 N–H and O–H groups in total. The minimum Gasteiger partial charge on any atom is -0.487 e. The van der Waals surface area contributed by atoms with Gasteiger partial charge in [-0.15, -0.1) is 0 Å². The van der Waals surface area contributed by atoms with Crippen LogP contribution in [0.15, 0.2) is 85.2 Å². The van der Waals surface area contributed by atoms with E-state index in [2.05, 4.69) is 15.3 Å². The number of hydrogen-bond acceptors (Lipinski definition) is 5. The Morgan fingerprint density at radius 1 is 1.00 bits per heavy atom. The van der Waals surface area contributed by atoms with E-state index >= 15 is 0 Å². The average Bonchev–Trinajstić information content (AvgIpc) is 2.81. The lowest BCUT2D eigenvalue weighted by Gasteiger charge is -2.11. The maximum atomic E-state index is 12.8. The molecule has 0 unspecified atom stereocenters. The highest BCUT2D eigenvalue weighted by Crippen LogP contribution is 2.25. The molecule has 0 saturated carbocycles. The van der Waals surface area contributed by atoms with Gasteiger partial charge in [-0.2, -0.15) is 0 Å². The number of hydrogen-bond donors (Lipinski definition) is 2. The number of ether oxygens (including phenoxy) is 1. The van der Waals surface area contributed by atoms with Gasteiger partial charge in [0.15, 0.2) is 0 Å². The van der Waals surface area contributed by atoms with Crippen molar-refractivity contribution in [3.8, 4) is 17.0 Å². The molecule has 6 heteroatoms. The minimum absolute atomic E-state index is 0.193. The van der Waals surface area contributed by atoms with Crippen LogP contribution in [-0.2, 0) is 6.61 Å². The first-order chi connectivity index (χ1) is 15.1. The van der Waals surface area contributed by atoms with Gasteiger partial charge in [0.2, 0.25) is 0 Å². The van der Waals surface area contributed by atoms with Crippen LogP contribution in [0.5, 0.6) is 5.75 Å². The molecule has 2 aromatic heterocycles. The van der Waals surface area contributed by atoms with Crippen LogP contribution >= 0.6 is 0 Å². The molecule has 0 saturated heterocycles. The molecule has 4 aromatic rings. The number of nitrogen functional groups attached to an aromatic ring is 1. The second kappa shape index (κ2) is 9.09. The summed E-state index contributed by atoms with van der Waals surface area (Å²) in [7, 11) is 0. The maximum Gasteiger partial charge on any atom is 0.255 e. The van der Waals surface area contributed by atoms with E-state index in [-0.39, 0.29) is 5.91 Å². The van der Waals surface area contributed by atoms with E-state index in [1.807, 2.05) is 49.4 Å². The Balaban J connectivity index is 1.44. The van der Waals surface area contributed by atoms with E-state index in [1.165, 1.54) is 0 Å². The summed E-state index contributed by atoms with van der Waals surface area (Å²) >= 11 is 0. The molecule has 0 spiro atoms. The molecule has 2 heterocycles. The average molecular weight is 410 g/mol. The highest BCUT2D eigenvalue weighted by atomic mass is 16.5. The number of rotatable bonds is 6. The molecule has 154 valence electrons.